The summed E-state index contributed by atoms with van der Waals surface area (Å²) in [4.78, 5) is 4.48. The quantitative estimate of drug-likeness (QED) is 0.407. The van der Waals surface area contributed by atoms with Gasteiger partial charge in [-0.3, -0.25) is 0 Å². The molecule has 0 atom stereocenters. The van der Waals surface area contributed by atoms with Crippen molar-refractivity contribution < 1.29 is 4.39 Å². The minimum Gasteiger partial charge on any atom is -0.367 e. The normalized spacial score (nSPS) is 13.7. The molecule has 1 aliphatic carbocycles. The van der Waals surface area contributed by atoms with E-state index in [4.69, 9.17) is 5.10 Å². The highest BCUT2D eigenvalue weighted by Gasteiger charge is 2.22. The number of rotatable bonds is 6. The Hall–Kier alpha value is -2.86. The zero-order valence-corrected chi connectivity index (χ0v) is 16.9. The molecule has 0 amide bonds. The van der Waals surface area contributed by atoms with Crippen LogP contribution in [-0.2, 0) is 0 Å². The summed E-state index contributed by atoms with van der Waals surface area (Å²) in [5, 5.41) is 9.50. The Morgan fingerprint density at radius 2 is 1.93 bits per heavy atom. The van der Waals surface area contributed by atoms with E-state index in [9.17, 15) is 4.39 Å². The summed E-state index contributed by atoms with van der Waals surface area (Å²) in [6, 6.07) is 17.4. The number of nitrogens with one attached hydrogen (secondary N) is 1. The third-order valence-electron chi connectivity index (χ3n) is 5.01. The van der Waals surface area contributed by atoms with Gasteiger partial charge < -0.3 is 5.32 Å². The van der Waals surface area contributed by atoms with E-state index in [1.807, 2.05) is 16.8 Å². The second-order valence-corrected chi connectivity index (χ2v) is 8.46. The minimum atomic E-state index is -0.249. The first-order valence-corrected chi connectivity index (χ1v) is 10.8. The molecule has 5 rings (SSSR count). The first-order valence-electron chi connectivity index (χ1n) is 9.86. The van der Waals surface area contributed by atoms with E-state index in [1.165, 1.54) is 25.0 Å². The number of nitrogens with zero attached hydrogens (tertiary/aromatic N) is 3. The van der Waals surface area contributed by atoms with Gasteiger partial charge in [0.05, 0.1) is 10.5 Å². The molecule has 1 saturated carbocycles. The van der Waals surface area contributed by atoms with E-state index in [1.54, 1.807) is 23.9 Å². The summed E-state index contributed by atoms with van der Waals surface area (Å²) >= 11 is 1.76. The Morgan fingerprint density at radius 1 is 1.10 bits per heavy atom. The van der Waals surface area contributed by atoms with E-state index >= 15 is 0 Å². The summed E-state index contributed by atoms with van der Waals surface area (Å²) in [5.74, 6) is 1.60. The molecule has 3 aromatic heterocycles. The molecule has 0 spiro atoms. The molecule has 1 aliphatic rings. The van der Waals surface area contributed by atoms with E-state index in [0.717, 1.165) is 44.5 Å². The van der Waals surface area contributed by atoms with Gasteiger partial charge in [-0.15, -0.1) is 11.8 Å². The fourth-order valence-electron chi connectivity index (χ4n) is 3.50. The Labute approximate surface area is 173 Å². The molecule has 4 aromatic rings. The molecule has 0 radical (unpaired) electrons. The van der Waals surface area contributed by atoms with Crippen LogP contribution in [0, 0.1) is 5.82 Å². The Balaban J connectivity index is 1.72. The number of pyridine rings is 2. The molecular weight excluding hydrogens is 383 g/mol. The number of thioether (sulfide) groups is 1. The van der Waals surface area contributed by atoms with Crippen LogP contribution in [0.2, 0.25) is 0 Å². The fraction of sp³-hybridized carbons (Fsp3) is 0.217. The lowest BCUT2D eigenvalue weighted by atomic mass is 10.0. The molecule has 0 saturated heterocycles. The van der Waals surface area contributed by atoms with Gasteiger partial charge >= 0.3 is 0 Å². The molecule has 1 fully saturated rings. The number of halogens is 1. The number of hydrogen-bond donors (Lipinski definition) is 1. The van der Waals surface area contributed by atoms with E-state index in [2.05, 4.69) is 41.5 Å². The molecule has 1 aromatic carbocycles. The van der Waals surface area contributed by atoms with Crippen LogP contribution in [0.15, 0.2) is 65.8 Å². The SMILES string of the molecule is CCSc1cccc2c(-c3ccnc(NC4CC4)c3)c(-c3ccc(F)cc3)nn12. The van der Waals surface area contributed by atoms with Crippen molar-refractivity contribution in [3.63, 3.8) is 0 Å². The molecule has 0 unspecified atom stereocenters. The highest BCUT2D eigenvalue weighted by molar-refractivity contribution is 7.99. The first-order chi connectivity index (χ1) is 14.2. The largest absolute Gasteiger partial charge is 0.367 e. The standard InChI is InChI=1S/C23H21FN4S/c1-2-29-21-5-3-4-19-22(16-12-13-25-20(14-16)26-18-10-11-18)23(27-28(19)21)15-6-8-17(24)9-7-15/h3-9,12-14,18H,2,10-11H2,1H3,(H,25,26). The number of anilines is 1. The molecular formula is C23H21FN4S. The zero-order chi connectivity index (χ0) is 19.8. The first kappa shape index (κ1) is 18.2. The van der Waals surface area contributed by atoms with Gasteiger partial charge in [-0.2, -0.15) is 5.10 Å². The van der Waals surface area contributed by atoms with Crippen molar-refractivity contribution in [1.29, 1.82) is 0 Å². The average Bonchev–Trinajstić information content (AvgIpc) is 3.46. The number of fused-ring (bicyclic) bond motifs is 1. The summed E-state index contributed by atoms with van der Waals surface area (Å²) in [6.45, 7) is 2.13. The third kappa shape index (κ3) is 3.60. The van der Waals surface area contributed by atoms with Crippen molar-refractivity contribution in [2.24, 2.45) is 0 Å². The predicted octanol–water partition coefficient (Wildman–Crippen LogP) is 5.89. The topological polar surface area (TPSA) is 42.2 Å². The van der Waals surface area contributed by atoms with Crippen molar-refractivity contribution in [3.05, 3.63) is 66.6 Å². The van der Waals surface area contributed by atoms with Crippen molar-refractivity contribution in [2.45, 2.75) is 30.8 Å². The molecule has 6 heteroatoms. The maximum atomic E-state index is 13.5. The lowest BCUT2D eigenvalue weighted by Crippen LogP contribution is -2.02. The third-order valence-corrected chi connectivity index (χ3v) is 5.90. The highest BCUT2D eigenvalue weighted by atomic mass is 32.2. The van der Waals surface area contributed by atoms with Crippen molar-refractivity contribution in [2.75, 3.05) is 11.1 Å². The molecule has 4 nitrogen and oxygen atoms in total. The minimum absolute atomic E-state index is 0.249. The van der Waals surface area contributed by atoms with Gasteiger partial charge in [0.15, 0.2) is 0 Å². The summed E-state index contributed by atoms with van der Waals surface area (Å²) < 4.78 is 15.5. The maximum Gasteiger partial charge on any atom is 0.126 e. The van der Waals surface area contributed by atoms with Crippen molar-refractivity contribution >= 4 is 23.1 Å². The summed E-state index contributed by atoms with van der Waals surface area (Å²) in [5.41, 5.74) is 4.86. The van der Waals surface area contributed by atoms with Crippen molar-refractivity contribution in [3.8, 4) is 22.4 Å². The van der Waals surface area contributed by atoms with Crippen LogP contribution in [0.4, 0.5) is 10.2 Å². The second kappa shape index (κ2) is 7.52. The van der Waals surface area contributed by atoms with Crippen LogP contribution in [0.3, 0.4) is 0 Å². The van der Waals surface area contributed by atoms with Crippen LogP contribution in [0.25, 0.3) is 27.9 Å². The van der Waals surface area contributed by atoms with Gasteiger partial charge in [-0.05, 0) is 72.7 Å². The van der Waals surface area contributed by atoms with E-state index < -0.39 is 0 Å². The van der Waals surface area contributed by atoms with E-state index in [-0.39, 0.29) is 5.82 Å². The molecule has 3 heterocycles. The summed E-state index contributed by atoms with van der Waals surface area (Å²) in [7, 11) is 0. The predicted molar refractivity (Wildman–Crippen MR) is 117 cm³/mol. The lowest BCUT2D eigenvalue weighted by Gasteiger charge is -2.08. The highest BCUT2D eigenvalue weighted by Crippen LogP contribution is 2.37. The van der Waals surface area contributed by atoms with Crippen LogP contribution >= 0.6 is 11.8 Å². The number of aromatic nitrogens is 3. The van der Waals surface area contributed by atoms with Gasteiger partial charge in [-0.25, -0.2) is 13.9 Å². The van der Waals surface area contributed by atoms with Crippen LogP contribution in [-0.4, -0.2) is 26.4 Å². The van der Waals surface area contributed by atoms with Gasteiger partial charge in [0.2, 0.25) is 0 Å². The Bertz CT molecular complexity index is 1170. The van der Waals surface area contributed by atoms with Gasteiger partial charge in [0.1, 0.15) is 17.3 Å². The van der Waals surface area contributed by atoms with Gasteiger partial charge in [-0.1, -0.05) is 13.0 Å². The van der Waals surface area contributed by atoms with Crippen LogP contribution in [0.1, 0.15) is 19.8 Å². The van der Waals surface area contributed by atoms with Crippen molar-refractivity contribution in [1.82, 2.24) is 14.6 Å². The lowest BCUT2D eigenvalue weighted by molar-refractivity contribution is 0.628. The monoisotopic (exact) mass is 404 g/mol. The van der Waals surface area contributed by atoms with Gasteiger partial charge in [0, 0.05) is 23.4 Å². The second-order valence-electron chi connectivity index (χ2n) is 7.17. The molecule has 146 valence electrons. The smallest absolute Gasteiger partial charge is 0.126 e. The molecule has 0 bridgehead atoms. The molecule has 1 N–H and O–H groups in total. The molecule has 0 aliphatic heterocycles. The Morgan fingerprint density at radius 3 is 2.69 bits per heavy atom. The fourth-order valence-corrected chi connectivity index (χ4v) is 4.23. The van der Waals surface area contributed by atoms with E-state index in [0.29, 0.717) is 6.04 Å². The summed E-state index contributed by atoms with van der Waals surface area (Å²) in [6.07, 6.45) is 4.23. The maximum absolute atomic E-state index is 13.5. The Kier molecular flexibility index (Phi) is 4.72. The number of hydrogen-bond acceptors (Lipinski definition) is 4. The molecule has 29 heavy (non-hydrogen) atoms. The van der Waals surface area contributed by atoms with Crippen LogP contribution < -0.4 is 5.32 Å². The van der Waals surface area contributed by atoms with Crippen LogP contribution in [0.5, 0.6) is 0 Å². The number of benzene rings is 1. The van der Waals surface area contributed by atoms with Gasteiger partial charge in [0.25, 0.3) is 0 Å². The zero-order valence-electron chi connectivity index (χ0n) is 16.1. The average molecular weight is 405 g/mol.